The first kappa shape index (κ1) is 17.6. The zero-order chi connectivity index (χ0) is 16.2. The van der Waals surface area contributed by atoms with Crippen molar-refractivity contribution in [1.29, 1.82) is 0 Å². The Morgan fingerprint density at radius 2 is 2.14 bits per heavy atom. The summed E-state index contributed by atoms with van der Waals surface area (Å²) < 4.78 is 4.76. The number of carbonyl (C=O) groups excluding carboxylic acids is 1. The van der Waals surface area contributed by atoms with Gasteiger partial charge in [0.15, 0.2) is 0 Å². The monoisotopic (exact) mass is 336 g/mol. The molecule has 1 unspecified atom stereocenters. The van der Waals surface area contributed by atoms with E-state index >= 15 is 0 Å². The van der Waals surface area contributed by atoms with Crippen LogP contribution in [-0.4, -0.2) is 54.3 Å². The molecule has 1 atom stereocenters. The molecule has 1 rings (SSSR count). The molecule has 0 heterocycles. The van der Waals surface area contributed by atoms with Gasteiger partial charge in [-0.25, -0.2) is 0 Å². The molecule has 21 heavy (non-hydrogen) atoms. The summed E-state index contributed by atoms with van der Waals surface area (Å²) in [5, 5.41) is 20.1. The van der Waals surface area contributed by atoms with Crippen LogP contribution in [0.25, 0.3) is 0 Å². The summed E-state index contributed by atoms with van der Waals surface area (Å²) in [6.45, 7) is 0.0832. The molecule has 0 saturated carbocycles. The van der Waals surface area contributed by atoms with Crippen LogP contribution in [-0.2, 0) is 4.74 Å². The second kappa shape index (κ2) is 7.56. The molecule has 0 aromatic heterocycles. The molecule has 1 amide bonds. The lowest BCUT2D eigenvalue weighted by atomic mass is 10.1. The predicted octanol–water partition coefficient (Wildman–Crippen LogP) is 1.98. The van der Waals surface area contributed by atoms with Crippen LogP contribution in [0, 0.1) is 10.1 Å². The van der Waals surface area contributed by atoms with E-state index in [-0.39, 0.29) is 28.8 Å². The Kier molecular flexibility index (Phi) is 6.35. The topological polar surface area (TPSA) is 92.9 Å². The summed E-state index contributed by atoms with van der Waals surface area (Å²) in [6.07, 6.45) is -0.860. The molecule has 116 valence electrons. The smallest absolute Gasteiger partial charge is 0.290 e. The number of carbonyl (C=O) groups is 1. The van der Waals surface area contributed by atoms with Crippen LogP contribution in [0.2, 0.25) is 10.0 Å². The quantitative estimate of drug-likeness (QED) is 0.633. The van der Waals surface area contributed by atoms with Gasteiger partial charge in [0.25, 0.3) is 11.6 Å². The number of halogens is 2. The molecule has 0 fully saturated rings. The van der Waals surface area contributed by atoms with E-state index in [1.165, 1.54) is 25.1 Å². The molecule has 0 radical (unpaired) electrons. The highest BCUT2D eigenvalue weighted by atomic mass is 35.5. The number of ether oxygens (including phenoxy) is 1. The van der Waals surface area contributed by atoms with Crippen molar-refractivity contribution in [2.45, 2.75) is 6.10 Å². The molecule has 0 aliphatic rings. The van der Waals surface area contributed by atoms with E-state index in [9.17, 15) is 20.0 Å². The van der Waals surface area contributed by atoms with Gasteiger partial charge >= 0.3 is 0 Å². The van der Waals surface area contributed by atoms with Crippen LogP contribution in [0.3, 0.4) is 0 Å². The van der Waals surface area contributed by atoms with Gasteiger partial charge < -0.3 is 14.7 Å². The number of likely N-dealkylation sites (N-methyl/N-ethyl adjacent to an activating group) is 1. The highest BCUT2D eigenvalue weighted by molar-refractivity contribution is 6.43. The average Bonchev–Trinajstić information content (AvgIpc) is 2.40. The summed E-state index contributed by atoms with van der Waals surface area (Å²) in [4.78, 5) is 23.5. The van der Waals surface area contributed by atoms with Crippen LogP contribution in [0.1, 0.15) is 10.4 Å². The number of hydrogen-bond acceptors (Lipinski definition) is 5. The van der Waals surface area contributed by atoms with Crippen molar-refractivity contribution < 1.29 is 19.6 Å². The fourth-order valence-electron chi connectivity index (χ4n) is 1.70. The van der Waals surface area contributed by atoms with Crippen molar-refractivity contribution in [1.82, 2.24) is 4.90 Å². The number of hydrogen-bond donors (Lipinski definition) is 1. The van der Waals surface area contributed by atoms with Gasteiger partial charge in [0.05, 0.1) is 22.7 Å². The van der Waals surface area contributed by atoms with Crippen molar-refractivity contribution in [2.75, 3.05) is 27.3 Å². The Bertz CT molecular complexity index is 553. The molecule has 1 aromatic carbocycles. The maximum atomic E-state index is 12.2. The van der Waals surface area contributed by atoms with E-state index < -0.39 is 22.6 Å². The molecule has 9 heteroatoms. The van der Waals surface area contributed by atoms with Crippen molar-refractivity contribution in [3.8, 4) is 0 Å². The number of nitro benzene ring substituents is 1. The van der Waals surface area contributed by atoms with Gasteiger partial charge in [-0.05, 0) is 6.07 Å². The van der Waals surface area contributed by atoms with Crippen molar-refractivity contribution in [2.24, 2.45) is 0 Å². The number of methoxy groups -OCH3 is 1. The first-order valence-electron chi connectivity index (χ1n) is 5.83. The fourth-order valence-corrected chi connectivity index (χ4v) is 2.09. The van der Waals surface area contributed by atoms with Crippen molar-refractivity contribution >= 4 is 34.8 Å². The fraction of sp³-hybridized carbons (Fsp3) is 0.417. The Hall–Kier alpha value is -1.41. The third kappa shape index (κ3) is 4.53. The zero-order valence-electron chi connectivity index (χ0n) is 11.4. The minimum atomic E-state index is -0.860. The normalized spacial score (nSPS) is 12.0. The number of nitrogens with zero attached hydrogens (tertiary/aromatic N) is 2. The summed E-state index contributed by atoms with van der Waals surface area (Å²) in [5.74, 6) is -0.521. The number of benzene rings is 1. The summed E-state index contributed by atoms with van der Waals surface area (Å²) in [5.41, 5.74) is -0.429. The number of rotatable bonds is 6. The third-order valence-electron chi connectivity index (χ3n) is 2.64. The minimum absolute atomic E-state index is 0.0146. The Balaban J connectivity index is 2.99. The molecule has 0 spiro atoms. The number of aliphatic hydroxyl groups is 1. The van der Waals surface area contributed by atoms with Gasteiger partial charge in [-0.15, -0.1) is 0 Å². The number of amides is 1. The van der Waals surface area contributed by atoms with Gasteiger partial charge in [-0.1, -0.05) is 23.2 Å². The van der Waals surface area contributed by atoms with Crippen LogP contribution < -0.4 is 0 Å². The summed E-state index contributed by atoms with van der Waals surface area (Å²) >= 11 is 11.5. The van der Waals surface area contributed by atoms with E-state index in [1.807, 2.05) is 0 Å². The Morgan fingerprint density at radius 3 is 2.67 bits per heavy atom. The molecule has 0 saturated heterocycles. The first-order valence-corrected chi connectivity index (χ1v) is 6.59. The minimum Gasteiger partial charge on any atom is -0.389 e. The molecule has 1 N–H and O–H groups in total. The van der Waals surface area contributed by atoms with Gasteiger partial charge in [-0.3, -0.25) is 14.9 Å². The molecule has 7 nitrogen and oxygen atoms in total. The van der Waals surface area contributed by atoms with Crippen LogP contribution in [0.15, 0.2) is 12.1 Å². The Labute approximate surface area is 131 Å². The second-order valence-electron chi connectivity index (χ2n) is 4.34. The molecule has 1 aromatic rings. The second-order valence-corrected chi connectivity index (χ2v) is 5.13. The van der Waals surface area contributed by atoms with Gasteiger partial charge in [0, 0.05) is 32.3 Å². The molecule has 0 bridgehead atoms. The molecule has 0 aliphatic heterocycles. The maximum Gasteiger partial charge on any atom is 0.290 e. The maximum absolute atomic E-state index is 12.2. The van der Waals surface area contributed by atoms with Gasteiger partial charge in [0.1, 0.15) is 5.02 Å². The third-order valence-corrected chi connectivity index (χ3v) is 3.44. The van der Waals surface area contributed by atoms with Gasteiger partial charge in [0.2, 0.25) is 0 Å². The van der Waals surface area contributed by atoms with Crippen molar-refractivity contribution in [3.63, 3.8) is 0 Å². The van der Waals surface area contributed by atoms with E-state index in [1.54, 1.807) is 0 Å². The SMILES string of the molecule is COCC(O)CN(C)C(=O)c1cc(Cl)c(Cl)c([N+](=O)[O-])c1. The van der Waals surface area contributed by atoms with Crippen LogP contribution in [0.5, 0.6) is 0 Å². The average molecular weight is 337 g/mol. The summed E-state index contributed by atoms with van der Waals surface area (Å²) in [7, 11) is 2.88. The molecular weight excluding hydrogens is 323 g/mol. The largest absolute Gasteiger partial charge is 0.389 e. The zero-order valence-corrected chi connectivity index (χ0v) is 12.9. The lowest BCUT2D eigenvalue weighted by molar-refractivity contribution is -0.384. The van der Waals surface area contributed by atoms with E-state index in [2.05, 4.69) is 0 Å². The van der Waals surface area contributed by atoms with Crippen LogP contribution >= 0.6 is 23.2 Å². The molecule has 0 aliphatic carbocycles. The van der Waals surface area contributed by atoms with Crippen LogP contribution in [0.4, 0.5) is 5.69 Å². The highest BCUT2D eigenvalue weighted by Crippen LogP contribution is 2.33. The van der Waals surface area contributed by atoms with E-state index in [0.29, 0.717) is 0 Å². The lowest BCUT2D eigenvalue weighted by Crippen LogP contribution is -2.36. The molecular formula is C12H14Cl2N2O5. The van der Waals surface area contributed by atoms with Crippen molar-refractivity contribution in [3.05, 3.63) is 37.9 Å². The standard InChI is InChI=1S/C12H14Cl2N2O5/c1-15(5-8(17)6-21-2)12(18)7-3-9(13)11(14)10(4-7)16(19)20/h3-4,8,17H,5-6H2,1-2H3. The van der Waals surface area contributed by atoms with E-state index in [4.69, 9.17) is 27.9 Å². The lowest BCUT2D eigenvalue weighted by Gasteiger charge is -2.20. The Morgan fingerprint density at radius 1 is 1.52 bits per heavy atom. The first-order chi connectivity index (χ1) is 9.77. The summed E-state index contributed by atoms with van der Waals surface area (Å²) in [6, 6.07) is 2.30. The predicted molar refractivity (Wildman–Crippen MR) is 78.0 cm³/mol. The highest BCUT2D eigenvalue weighted by Gasteiger charge is 2.22. The van der Waals surface area contributed by atoms with Gasteiger partial charge in [-0.2, -0.15) is 0 Å². The number of nitro groups is 1. The van der Waals surface area contributed by atoms with E-state index in [0.717, 1.165) is 6.07 Å². The number of aliphatic hydroxyl groups excluding tert-OH is 1.